The van der Waals surface area contributed by atoms with Crippen molar-refractivity contribution in [3.8, 4) is 0 Å². The predicted molar refractivity (Wildman–Crippen MR) is 73.7 cm³/mol. The van der Waals surface area contributed by atoms with Crippen molar-refractivity contribution in [3.05, 3.63) is 0 Å². The van der Waals surface area contributed by atoms with Crippen LogP contribution in [0.5, 0.6) is 0 Å². The first kappa shape index (κ1) is 16.0. The van der Waals surface area contributed by atoms with Gasteiger partial charge in [0, 0.05) is 12.1 Å². The van der Waals surface area contributed by atoms with E-state index in [2.05, 4.69) is 5.32 Å². The molecule has 5 nitrogen and oxygen atoms in total. The number of hydrogen-bond acceptors (Lipinski definition) is 3. The van der Waals surface area contributed by atoms with Crippen LogP contribution in [-0.4, -0.2) is 29.1 Å². The Bertz CT molecular complexity index is 332. The minimum absolute atomic E-state index is 0.0804. The van der Waals surface area contributed by atoms with Gasteiger partial charge in [0.1, 0.15) is 0 Å². The number of aliphatic carboxylic acids is 1. The summed E-state index contributed by atoms with van der Waals surface area (Å²) in [4.78, 5) is 23.3. The smallest absolute Gasteiger partial charge is 0.305 e. The second-order valence-corrected chi connectivity index (χ2v) is 6.31. The quantitative estimate of drug-likeness (QED) is 0.662. The van der Waals surface area contributed by atoms with Crippen molar-refractivity contribution in [1.82, 2.24) is 5.32 Å². The SMILES string of the molecule is CC(C)(CC(=O)O)NC(=O)C1(CN)CCCCCC1. The van der Waals surface area contributed by atoms with Crippen LogP contribution in [0.15, 0.2) is 0 Å². The standard InChI is InChI=1S/C14H26N2O3/c1-13(2,9-11(17)18)16-12(19)14(10-15)7-5-3-4-6-8-14/h3-10,15H2,1-2H3,(H,16,19)(H,17,18). The van der Waals surface area contributed by atoms with E-state index < -0.39 is 16.9 Å². The summed E-state index contributed by atoms with van der Waals surface area (Å²) in [6.45, 7) is 3.81. The Balaban J connectivity index is 2.75. The first-order valence-corrected chi connectivity index (χ1v) is 7.06. The van der Waals surface area contributed by atoms with E-state index in [0.717, 1.165) is 38.5 Å². The fourth-order valence-electron chi connectivity index (χ4n) is 2.79. The minimum Gasteiger partial charge on any atom is -0.481 e. The molecule has 1 aliphatic rings. The summed E-state index contributed by atoms with van der Waals surface area (Å²) < 4.78 is 0. The molecule has 0 aromatic rings. The molecule has 5 heteroatoms. The van der Waals surface area contributed by atoms with Crippen LogP contribution >= 0.6 is 0 Å². The van der Waals surface area contributed by atoms with E-state index in [-0.39, 0.29) is 12.3 Å². The van der Waals surface area contributed by atoms with Gasteiger partial charge in [0.25, 0.3) is 0 Å². The summed E-state index contributed by atoms with van der Waals surface area (Å²) in [5.41, 5.74) is 4.61. The number of amides is 1. The maximum Gasteiger partial charge on any atom is 0.305 e. The van der Waals surface area contributed by atoms with Gasteiger partial charge in [0.2, 0.25) is 5.91 Å². The van der Waals surface area contributed by atoms with E-state index in [0.29, 0.717) is 6.54 Å². The molecular weight excluding hydrogens is 244 g/mol. The van der Waals surface area contributed by atoms with Gasteiger partial charge < -0.3 is 16.2 Å². The average molecular weight is 270 g/mol. The van der Waals surface area contributed by atoms with Gasteiger partial charge in [-0.1, -0.05) is 25.7 Å². The highest BCUT2D eigenvalue weighted by molar-refractivity contribution is 5.84. The van der Waals surface area contributed by atoms with Crippen LogP contribution < -0.4 is 11.1 Å². The molecule has 0 atom stereocenters. The maximum absolute atomic E-state index is 12.5. The lowest BCUT2D eigenvalue weighted by Gasteiger charge is -2.34. The third kappa shape index (κ3) is 4.49. The maximum atomic E-state index is 12.5. The molecule has 0 spiro atoms. The Hall–Kier alpha value is -1.10. The molecular formula is C14H26N2O3. The zero-order valence-electron chi connectivity index (χ0n) is 12.0. The van der Waals surface area contributed by atoms with Crippen molar-refractivity contribution in [2.75, 3.05) is 6.54 Å². The number of carbonyl (C=O) groups excluding carboxylic acids is 1. The lowest BCUT2D eigenvalue weighted by molar-refractivity contribution is -0.139. The van der Waals surface area contributed by atoms with Crippen LogP contribution in [0.2, 0.25) is 0 Å². The Morgan fingerprint density at radius 1 is 1.21 bits per heavy atom. The summed E-state index contributed by atoms with van der Waals surface area (Å²) in [6, 6.07) is 0. The van der Waals surface area contributed by atoms with Gasteiger partial charge >= 0.3 is 5.97 Å². The lowest BCUT2D eigenvalue weighted by atomic mass is 9.78. The third-order valence-electron chi connectivity index (χ3n) is 3.98. The number of carboxylic acid groups (broad SMARTS) is 1. The first-order valence-electron chi connectivity index (χ1n) is 7.06. The fraction of sp³-hybridized carbons (Fsp3) is 0.857. The van der Waals surface area contributed by atoms with E-state index in [4.69, 9.17) is 10.8 Å². The highest BCUT2D eigenvalue weighted by Gasteiger charge is 2.39. The molecule has 0 aromatic carbocycles. The Morgan fingerprint density at radius 3 is 2.16 bits per heavy atom. The van der Waals surface area contributed by atoms with E-state index in [9.17, 15) is 9.59 Å². The molecule has 1 aliphatic carbocycles. The molecule has 19 heavy (non-hydrogen) atoms. The Labute approximate surface area is 114 Å². The molecule has 0 aliphatic heterocycles. The van der Waals surface area contributed by atoms with Crippen molar-refractivity contribution >= 4 is 11.9 Å². The van der Waals surface area contributed by atoms with Gasteiger partial charge in [-0.05, 0) is 26.7 Å². The molecule has 0 heterocycles. The second kappa shape index (κ2) is 6.37. The van der Waals surface area contributed by atoms with Crippen molar-refractivity contribution in [2.45, 2.75) is 64.3 Å². The van der Waals surface area contributed by atoms with Gasteiger partial charge in [0.15, 0.2) is 0 Å². The summed E-state index contributed by atoms with van der Waals surface area (Å²) in [5.74, 6) is -0.990. The number of carboxylic acids is 1. The zero-order valence-corrected chi connectivity index (χ0v) is 12.0. The monoisotopic (exact) mass is 270 g/mol. The van der Waals surface area contributed by atoms with Crippen LogP contribution in [-0.2, 0) is 9.59 Å². The van der Waals surface area contributed by atoms with Crippen molar-refractivity contribution in [1.29, 1.82) is 0 Å². The van der Waals surface area contributed by atoms with Crippen LogP contribution in [0.25, 0.3) is 0 Å². The molecule has 110 valence electrons. The molecule has 4 N–H and O–H groups in total. The molecule has 1 fully saturated rings. The highest BCUT2D eigenvalue weighted by Crippen LogP contribution is 2.35. The number of nitrogens with one attached hydrogen (secondary N) is 1. The third-order valence-corrected chi connectivity index (χ3v) is 3.98. The predicted octanol–water partition coefficient (Wildman–Crippen LogP) is 1.66. The second-order valence-electron chi connectivity index (χ2n) is 6.31. The summed E-state index contributed by atoms with van der Waals surface area (Å²) in [7, 11) is 0. The fourth-order valence-corrected chi connectivity index (χ4v) is 2.79. The molecule has 0 aromatic heterocycles. The minimum atomic E-state index is -0.909. The summed E-state index contributed by atoms with van der Waals surface area (Å²) in [5, 5.41) is 11.7. The summed E-state index contributed by atoms with van der Waals surface area (Å²) in [6.07, 6.45) is 5.85. The molecule has 0 saturated heterocycles. The highest BCUT2D eigenvalue weighted by atomic mass is 16.4. The van der Waals surface area contributed by atoms with Crippen LogP contribution in [0.4, 0.5) is 0 Å². The average Bonchev–Trinajstić information content (AvgIpc) is 2.52. The summed E-state index contributed by atoms with van der Waals surface area (Å²) >= 11 is 0. The number of nitrogens with two attached hydrogens (primary N) is 1. The normalized spacial score (nSPS) is 19.5. The molecule has 0 radical (unpaired) electrons. The van der Waals surface area contributed by atoms with Crippen LogP contribution in [0, 0.1) is 5.41 Å². The molecule has 1 saturated carbocycles. The van der Waals surface area contributed by atoms with Crippen molar-refractivity contribution in [3.63, 3.8) is 0 Å². The molecule has 0 bridgehead atoms. The van der Waals surface area contributed by atoms with E-state index in [1.165, 1.54) is 0 Å². The Kier molecular flexibility index (Phi) is 5.35. The molecule has 0 unspecified atom stereocenters. The number of rotatable bonds is 5. The van der Waals surface area contributed by atoms with E-state index in [1.807, 2.05) is 0 Å². The number of hydrogen-bond donors (Lipinski definition) is 3. The topological polar surface area (TPSA) is 92.4 Å². The van der Waals surface area contributed by atoms with Crippen molar-refractivity contribution in [2.24, 2.45) is 11.1 Å². The van der Waals surface area contributed by atoms with E-state index >= 15 is 0 Å². The number of carbonyl (C=O) groups is 2. The van der Waals surface area contributed by atoms with E-state index in [1.54, 1.807) is 13.8 Å². The molecule has 1 amide bonds. The van der Waals surface area contributed by atoms with Crippen molar-refractivity contribution < 1.29 is 14.7 Å². The van der Waals surface area contributed by atoms with Gasteiger partial charge in [-0.3, -0.25) is 9.59 Å². The zero-order chi connectivity index (χ0) is 14.5. The lowest BCUT2D eigenvalue weighted by Crippen LogP contribution is -2.53. The first-order chi connectivity index (χ1) is 8.81. The van der Waals surface area contributed by atoms with Gasteiger partial charge in [-0.15, -0.1) is 0 Å². The Morgan fingerprint density at radius 2 is 1.74 bits per heavy atom. The molecule has 1 rings (SSSR count). The van der Waals surface area contributed by atoms with Crippen LogP contribution in [0.1, 0.15) is 58.8 Å². The van der Waals surface area contributed by atoms with Crippen LogP contribution in [0.3, 0.4) is 0 Å². The van der Waals surface area contributed by atoms with Gasteiger partial charge in [-0.25, -0.2) is 0 Å². The largest absolute Gasteiger partial charge is 0.481 e. The van der Waals surface area contributed by atoms with Gasteiger partial charge in [-0.2, -0.15) is 0 Å². The van der Waals surface area contributed by atoms with Gasteiger partial charge in [0.05, 0.1) is 11.8 Å².